The first-order valence-electron chi connectivity index (χ1n) is 4.11. The molecule has 4 heteroatoms. The first kappa shape index (κ1) is 10.3. The molecule has 0 saturated carbocycles. The lowest BCUT2D eigenvalue weighted by Crippen LogP contribution is -2.10. The summed E-state index contributed by atoms with van der Waals surface area (Å²) in [5.74, 6) is -0.140. The van der Waals surface area contributed by atoms with Crippen LogP contribution in [0.3, 0.4) is 0 Å². The van der Waals surface area contributed by atoms with Gasteiger partial charge in [-0.1, -0.05) is 18.5 Å². The SMILES string of the molecule is CCC(C)Oc1cnc(Cl)c(F)c1. The third kappa shape index (κ3) is 2.84. The molecule has 0 radical (unpaired) electrons. The summed E-state index contributed by atoms with van der Waals surface area (Å²) in [6.45, 7) is 3.90. The van der Waals surface area contributed by atoms with Gasteiger partial charge in [-0.2, -0.15) is 0 Å². The van der Waals surface area contributed by atoms with E-state index in [0.717, 1.165) is 6.42 Å². The Morgan fingerprint density at radius 1 is 1.69 bits per heavy atom. The molecule has 1 rings (SSSR count). The smallest absolute Gasteiger partial charge is 0.164 e. The normalized spacial score (nSPS) is 12.6. The highest BCUT2D eigenvalue weighted by Crippen LogP contribution is 2.18. The van der Waals surface area contributed by atoms with Crippen LogP contribution in [0.25, 0.3) is 0 Å². The van der Waals surface area contributed by atoms with Gasteiger partial charge in [-0.15, -0.1) is 0 Å². The molecular weight excluding hydrogens is 193 g/mol. The van der Waals surface area contributed by atoms with Crippen molar-refractivity contribution in [3.63, 3.8) is 0 Å². The molecule has 72 valence electrons. The fourth-order valence-corrected chi connectivity index (χ4v) is 0.887. The highest BCUT2D eigenvalue weighted by atomic mass is 35.5. The maximum absolute atomic E-state index is 12.9. The van der Waals surface area contributed by atoms with Gasteiger partial charge < -0.3 is 4.74 Å². The van der Waals surface area contributed by atoms with Crippen LogP contribution in [0, 0.1) is 5.82 Å². The number of aromatic nitrogens is 1. The predicted octanol–water partition coefficient (Wildman–Crippen LogP) is 3.05. The average Bonchev–Trinajstić information content (AvgIpc) is 2.11. The Balaban J connectivity index is 2.73. The van der Waals surface area contributed by atoms with E-state index in [-0.39, 0.29) is 11.3 Å². The summed E-state index contributed by atoms with van der Waals surface area (Å²) < 4.78 is 18.2. The maximum atomic E-state index is 12.9. The minimum atomic E-state index is -0.553. The van der Waals surface area contributed by atoms with Crippen molar-refractivity contribution in [1.29, 1.82) is 0 Å². The lowest BCUT2D eigenvalue weighted by Gasteiger charge is -2.11. The van der Waals surface area contributed by atoms with Gasteiger partial charge in [0.05, 0.1) is 12.3 Å². The van der Waals surface area contributed by atoms with E-state index < -0.39 is 5.82 Å². The van der Waals surface area contributed by atoms with Gasteiger partial charge in [-0.25, -0.2) is 9.37 Å². The van der Waals surface area contributed by atoms with Crippen LogP contribution in [-0.2, 0) is 0 Å². The fourth-order valence-electron chi connectivity index (χ4n) is 0.784. The first-order chi connectivity index (χ1) is 6.13. The Kier molecular flexibility index (Phi) is 3.48. The highest BCUT2D eigenvalue weighted by molar-refractivity contribution is 6.29. The summed E-state index contributed by atoms with van der Waals surface area (Å²) in [7, 11) is 0. The standard InChI is InChI=1S/C9H11ClFNO/c1-3-6(2)13-7-4-8(11)9(10)12-5-7/h4-6H,3H2,1-2H3. The largest absolute Gasteiger partial charge is 0.489 e. The number of halogens is 2. The molecule has 0 saturated heterocycles. The van der Waals surface area contributed by atoms with E-state index in [1.165, 1.54) is 12.3 Å². The lowest BCUT2D eigenvalue weighted by atomic mass is 10.3. The molecule has 0 aliphatic carbocycles. The minimum Gasteiger partial charge on any atom is -0.489 e. The fraction of sp³-hybridized carbons (Fsp3) is 0.444. The van der Waals surface area contributed by atoms with E-state index in [2.05, 4.69) is 4.98 Å². The minimum absolute atomic E-state index is 0.0578. The molecule has 0 bridgehead atoms. The van der Waals surface area contributed by atoms with Crippen LogP contribution in [0.4, 0.5) is 4.39 Å². The zero-order chi connectivity index (χ0) is 9.84. The summed E-state index contributed by atoms with van der Waals surface area (Å²) in [4.78, 5) is 3.63. The van der Waals surface area contributed by atoms with Gasteiger partial charge >= 0.3 is 0 Å². The van der Waals surface area contributed by atoms with Crippen LogP contribution in [0.1, 0.15) is 20.3 Å². The van der Waals surface area contributed by atoms with Crippen molar-refractivity contribution in [1.82, 2.24) is 4.98 Å². The van der Waals surface area contributed by atoms with Gasteiger partial charge in [0.2, 0.25) is 0 Å². The second kappa shape index (κ2) is 4.42. The summed E-state index contributed by atoms with van der Waals surface area (Å²) in [6, 6.07) is 1.24. The maximum Gasteiger partial charge on any atom is 0.164 e. The van der Waals surface area contributed by atoms with Crippen molar-refractivity contribution < 1.29 is 9.13 Å². The summed E-state index contributed by atoms with van der Waals surface area (Å²) in [6.07, 6.45) is 2.34. The van der Waals surface area contributed by atoms with Crippen molar-refractivity contribution in [3.05, 3.63) is 23.2 Å². The second-order valence-corrected chi connectivity index (χ2v) is 3.14. The molecule has 1 aromatic heterocycles. The van der Waals surface area contributed by atoms with Gasteiger partial charge in [-0.05, 0) is 13.3 Å². The molecule has 1 aromatic rings. The molecule has 0 fully saturated rings. The van der Waals surface area contributed by atoms with Gasteiger partial charge in [0, 0.05) is 6.07 Å². The average molecular weight is 204 g/mol. The molecule has 13 heavy (non-hydrogen) atoms. The molecule has 1 atom stereocenters. The molecule has 0 N–H and O–H groups in total. The molecule has 0 amide bonds. The molecule has 0 aromatic carbocycles. The number of ether oxygens (including phenoxy) is 1. The number of pyridine rings is 1. The third-order valence-electron chi connectivity index (χ3n) is 1.68. The van der Waals surface area contributed by atoms with Crippen LogP contribution in [0.5, 0.6) is 5.75 Å². The van der Waals surface area contributed by atoms with Crippen LogP contribution < -0.4 is 4.74 Å². The molecule has 2 nitrogen and oxygen atoms in total. The monoisotopic (exact) mass is 203 g/mol. The number of hydrogen-bond donors (Lipinski definition) is 0. The van der Waals surface area contributed by atoms with Crippen molar-refractivity contribution in [3.8, 4) is 5.75 Å². The molecule has 0 spiro atoms. The van der Waals surface area contributed by atoms with E-state index in [9.17, 15) is 4.39 Å². The van der Waals surface area contributed by atoms with Crippen molar-refractivity contribution in [2.24, 2.45) is 0 Å². The summed E-state index contributed by atoms with van der Waals surface area (Å²) in [5, 5.41) is -0.128. The number of hydrogen-bond acceptors (Lipinski definition) is 2. The number of rotatable bonds is 3. The lowest BCUT2D eigenvalue weighted by molar-refractivity contribution is 0.215. The van der Waals surface area contributed by atoms with Crippen molar-refractivity contribution in [2.45, 2.75) is 26.4 Å². The quantitative estimate of drug-likeness (QED) is 0.705. The van der Waals surface area contributed by atoms with Gasteiger partial charge in [0.25, 0.3) is 0 Å². The molecule has 1 heterocycles. The molecule has 0 aliphatic heterocycles. The predicted molar refractivity (Wildman–Crippen MR) is 49.6 cm³/mol. The topological polar surface area (TPSA) is 22.1 Å². The highest BCUT2D eigenvalue weighted by Gasteiger charge is 2.05. The molecular formula is C9H11ClFNO. The van der Waals surface area contributed by atoms with Crippen LogP contribution in [0.15, 0.2) is 12.3 Å². The molecule has 0 aliphatic rings. The van der Waals surface area contributed by atoms with Crippen LogP contribution in [0.2, 0.25) is 5.15 Å². The van der Waals surface area contributed by atoms with Gasteiger partial charge in [0.1, 0.15) is 5.75 Å². The molecule has 1 unspecified atom stereocenters. The third-order valence-corrected chi connectivity index (χ3v) is 1.96. The Bertz CT molecular complexity index is 293. The Morgan fingerprint density at radius 3 is 2.92 bits per heavy atom. The Hall–Kier alpha value is -0.830. The van der Waals surface area contributed by atoms with E-state index in [1.807, 2.05) is 13.8 Å². The van der Waals surface area contributed by atoms with Crippen LogP contribution >= 0.6 is 11.6 Å². The number of nitrogens with zero attached hydrogens (tertiary/aromatic N) is 1. The van der Waals surface area contributed by atoms with E-state index in [4.69, 9.17) is 16.3 Å². The van der Waals surface area contributed by atoms with E-state index in [1.54, 1.807) is 0 Å². The van der Waals surface area contributed by atoms with Crippen molar-refractivity contribution in [2.75, 3.05) is 0 Å². The van der Waals surface area contributed by atoms with Gasteiger partial charge in [0.15, 0.2) is 11.0 Å². The zero-order valence-electron chi connectivity index (χ0n) is 7.55. The summed E-state index contributed by atoms with van der Waals surface area (Å²) >= 11 is 5.41. The van der Waals surface area contributed by atoms with E-state index >= 15 is 0 Å². The second-order valence-electron chi connectivity index (χ2n) is 2.78. The van der Waals surface area contributed by atoms with E-state index in [0.29, 0.717) is 5.75 Å². The van der Waals surface area contributed by atoms with Crippen LogP contribution in [-0.4, -0.2) is 11.1 Å². The van der Waals surface area contributed by atoms with Crippen molar-refractivity contribution >= 4 is 11.6 Å². The Labute approximate surface area is 81.7 Å². The first-order valence-corrected chi connectivity index (χ1v) is 4.49. The van der Waals surface area contributed by atoms with Gasteiger partial charge in [-0.3, -0.25) is 0 Å². The summed E-state index contributed by atoms with van der Waals surface area (Å²) in [5.41, 5.74) is 0. The zero-order valence-corrected chi connectivity index (χ0v) is 8.31. The Morgan fingerprint density at radius 2 is 2.38 bits per heavy atom.